The number of hydrogen-bond acceptors (Lipinski definition) is 4. The predicted octanol–water partition coefficient (Wildman–Crippen LogP) is 4.16. The van der Waals surface area contributed by atoms with Gasteiger partial charge >= 0.3 is 0 Å². The monoisotopic (exact) mass is 296 g/mol. The van der Waals surface area contributed by atoms with E-state index in [4.69, 9.17) is 11.6 Å². The first-order chi connectivity index (χ1) is 9.08. The van der Waals surface area contributed by atoms with E-state index in [1.54, 1.807) is 17.4 Å². The molecule has 0 saturated heterocycles. The van der Waals surface area contributed by atoms with Gasteiger partial charge in [0.25, 0.3) is 5.69 Å². The summed E-state index contributed by atoms with van der Waals surface area (Å²) in [6.07, 6.45) is 0. The normalized spacial score (nSPS) is 12.3. The molecule has 0 saturated carbocycles. The van der Waals surface area contributed by atoms with E-state index in [9.17, 15) is 10.1 Å². The third-order valence-corrected chi connectivity index (χ3v) is 4.22. The molecule has 19 heavy (non-hydrogen) atoms. The zero-order valence-corrected chi connectivity index (χ0v) is 11.9. The summed E-state index contributed by atoms with van der Waals surface area (Å²) in [7, 11) is 0. The molecule has 0 bridgehead atoms. The Bertz CT molecular complexity index is 572. The highest BCUT2D eigenvalue weighted by Gasteiger charge is 2.11. The molecule has 1 aromatic carbocycles. The highest BCUT2D eigenvalue weighted by Crippen LogP contribution is 2.24. The van der Waals surface area contributed by atoms with Crippen LogP contribution in [-0.4, -0.2) is 4.92 Å². The summed E-state index contributed by atoms with van der Waals surface area (Å²) < 4.78 is 0. The van der Waals surface area contributed by atoms with Crippen LogP contribution in [0.25, 0.3) is 0 Å². The summed E-state index contributed by atoms with van der Waals surface area (Å²) in [5.41, 5.74) is 0.871. The Balaban J connectivity index is 2.02. The first-order valence-electron chi connectivity index (χ1n) is 5.77. The Morgan fingerprint density at radius 1 is 1.47 bits per heavy atom. The molecule has 0 aliphatic rings. The van der Waals surface area contributed by atoms with Gasteiger partial charge in [-0.1, -0.05) is 17.7 Å². The van der Waals surface area contributed by atoms with Crippen LogP contribution in [0.2, 0.25) is 5.02 Å². The number of halogens is 1. The average Bonchev–Trinajstić information content (AvgIpc) is 2.90. The Labute approximate surface area is 120 Å². The van der Waals surface area contributed by atoms with Crippen LogP contribution in [0.4, 0.5) is 5.69 Å². The lowest BCUT2D eigenvalue weighted by atomic mass is 10.2. The number of non-ortho nitro benzene ring substituents is 1. The van der Waals surface area contributed by atoms with E-state index in [0.29, 0.717) is 11.6 Å². The summed E-state index contributed by atoms with van der Waals surface area (Å²) in [4.78, 5) is 11.4. The lowest BCUT2D eigenvalue weighted by molar-refractivity contribution is -0.384. The second kappa shape index (κ2) is 6.14. The molecular formula is C13H13ClN2O2S. The Kier molecular flexibility index (Phi) is 4.52. The fraction of sp³-hybridized carbons (Fsp3) is 0.231. The molecule has 0 fully saturated rings. The number of rotatable bonds is 5. The standard InChI is InChI=1S/C13H13ClN2O2S/c1-9(13-3-2-6-19-13)15-8-10-4-5-11(16(17)18)7-12(10)14/h2-7,9,15H,8H2,1H3. The Morgan fingerprint density at radius 3 is 2.84 bits per heavy atom. The van der Waals surface area contributed by atoms with E-state index >= 15 is 0 Å². The molecular weight excluding hydrogens is 284 g/mol. The van der Waals surface area contributed by atoms with Crippen molar-refractivity contribution in [1.29, 1.82) is 0 Å². The number of thiophene rings is 1. The maximum Gasteiger partial charge on any atom is 0.270 e. The molecule has 6 heteroatoms. The van der Waals surface area contributed by atoms with Gasteiger partial charge in [-0.05, 0) is 30.0 Å². The SMILES string of the molecule is CC(NCc1ccc([N+](=O)[O-])cc1Cl)c1cccs1. The van der Waals surface area contributed by atoms with Crippen molar-refractivity contribution in [3.05, 3.63) is 61.3 Å². The van der Waals surface area contributed by atoms with Gasteiger partial charge < -0.3 is 5.32 Å². The van der Waals surface area contributed by atoms with Crippen LogP contribution in [-0.2, 0) is 6.54 Å². The fourth-order valence-electron chi connectivity index (χ4n) is 1.69. The molecule has 0 aliphatic carbocycles. The molecule has 1 atom stereocenters. The average molecular weight is 297 g/mol. The molecule has 2 rings (SSSR count). The molecule has 0 amide bonds. The molecule has 1 N–H and O–H groups in total. The predicted molar refractivity (Wildman–Crippen MR) is 77.7 cm³/mol. The van der Waals surface area contributed by atoms with Gasteiger partial charge in [0.1, 0.15) is 0 Å². The second-order valence-electron chi connectivity index (χ2n) is 4.15. The van der Waals surface area contributed by atoms with Crippen LogP contribution in [0.5, 0.6) is 0 Å². The lowest BCUT2D eigenvalue weighted by Crippen LogP contribution is -2.17. The highest BCUT2D eigenvalue weighted by molar-refractivity contribution is 7.10. The van der Waals surface area contributed by atoms with Gasteiger partial charge in [-0.15, -0.1) is 11.3 Å². The molecule has 1 heterocycles. The van der Waals surface area contributed by atoms with Gasteiger partial charge in [-0.25, -0.2) is 0 Å². The number of nitro groups is 1. The van der Waals surface area contributed by atoms with Crippen molar-refractivity contribution < 1.29 is 4.92 Å². The van der Waals surface area contributed by atoms with E-state index in [1.807, 2.05) is 11.4 Å². The van der Waals surface area contributed by atoms with E-state index in [1.165, 1.54) is 17.0 Å². The summed E-state index contributed by atoms with van der Waals surface area (Å²) in [5.74, 6) is 0. The minimum Gasteiger partial charge on any atom is -0.305 e. The van der Waals surface area contributed by atoms with E-state index in [0.717, 1.165) is 5.56 Å². The van der Waals surface area contributed by atoms with Crippen molar-refractivity contribution in [2.45, 2.75) is 19.5 Å². The summed E-state index contributed by atoms with van der Waals surface area (Å²) in [6.45, 7) is 2.65. The molecule has 0 radical (unpaired) electrons. The van der Waals surface area contributed by atoms with E-state index in [-0.39, 0.29) is 11.7 Å². The zero-order chi connectivity index (χ0) is 13.8. The summed E-state index contributed by atoms with van der Waals surface area (Å²) in [6, 6.07) is 8.85. The number of nitro benzene ring substituents is 1. The van der Waals surface area contributed by atoms with Crippen LogP contribution in [0.1, 0.15) is 23.4 Å². The number of benzene rings is 1. The molecule has 100 valence electrons. The molecule has 1 unspecified atom stereocenters. The topological polar surface area (TPSA) is 55.2 Å². The quantitative estimate of drug-likeness (QED) is 0.666. The Morgan fingerprint density at radius 2 is 2.26 bits per heavy atom. The number of nitrogens with zero attached hydrogens (tertiary/aromatic N) is 1. The van der Waals surface area contributed by atoms with Gasteiger partial charge in [0.2, 0.25) is 0 Å². The van der Waals surface area contributed by atoms with E-state index < -0.39 is 4.92 Å². The molecule has 0 spiro atoms. The van der Waals surface area contributed by atoms with Crippen LogP contribution in [0, 0.1) is 10.1 Å². The third kappa shape index (κ3) is 3.53. The molecule has 1 aromatic heterocycles. The van der Waals surface area contributed by atoms with E-state index in [2.05, 4.69) is 18.3 Å². The van der Waals surface area contributed by atoms with Gasteiger partial charge in [0.05, 0.1) is 9.95 Å². The van der Waals surface area contributed by atoms with Crippen molar-refractivity contribution >= 4 is 28.6 Å². The lowest BCUT2D eigenvalue weighted by Gasteiger charge is -2.12. The van der Waals surface area contributed by atoms with Gasteiger partial charge in [-0.3, -0.25) is 10.1 Å². The first kappa shape index (κ1) is 14.0. The highest BCUT2D eigenvalue weighted by atomic mass is 35.5. The minimum absolute atomic E-state index is 0.0139. The molecule has 2 aromatic rings. The van der Waals surface area contributed by atoms with Crippen molar-refractivity contribution in [2.75, 3.05) is 0 Å². The van der Waals surface area contributed by atoms with Gasteiger partial charge in [0.15, 0.2) is 0 Å². The summed E-state index contributed by atoms with van der Waals surface area (Å²) in [5, 5.41) is 16.4. The number of nitrogens with one attached hydrogen (secondary N) is 1. The van der Waals surface area contributed by atoms with Crippen LogP contribution in [0.15, 0.2) is 35.7 Å². The van der Waals surface area contributed by atoms with Crippen molar-refractivity contribution in [3.63, 3.8) is 0 Å². The van der Waals surface area contributed by atoms with Crippen molar-refractivity contribution in [2.24, 2.45) is 0 Å². The smallest absolute Gasteiger partial charge is 0.270 e. The van der Waals surface area contributed by atoms with Crippen LogP contribution in [0.3, 0.4) is 0 Å². The summed E-state index contributed by atoms with van der Waals surface area (Å²) >= 11 is 7.73. The second-order valence-corrected chi connectivity index (χ2v) is 5.54. The van der Waals surface area contributed by atoms with Crippen molar-refractivity contribution in [3.8, 4) is 0 Å². The maximum atomic E-state index is 10.6. The van der Waals surface area contributed by atoms with Gasteiger partial charge in [0, 0.05) is 29.6 Å². The first-order valence-corrected chi connectivity index (χ1v) is 7.03. The van der Waals surface area contributed by atoms with Gasteiger partial charge in [-0.2, -0.15) is 0 Å². The zero-order valence-electron chi connectivity index (χ0n) is 10.3. The number of hydrogen-bond donors (Lipinski definition) is 1. The fourth-order valence-corrected chi connectivity index (χ4v) is 2.69. The maximum absolute atomic E-state index is 10.6. The minimum atomic E-state index is -0.447. The largest absolute Gasteiger partial charge is 0.305 e. The van der Waals surface area contributed by atoms with Crippen molar-refractivity contribution in [1.82, 2.24) is 5.32 Å². The van der Waals surface area contributed by atoms with Crippen LogP contribution < -0.4 is 5.32 Å². The molecule has 0 aliphatic heterocycles. The Hall–Kier alpha value is -1.43. The van der Waals surface area contributed by atoms with Crippen LogP contribution >= 0.6 is 22.9 Å². The molecule has 4 nitrogen and oxygen atoms in total. The third-order valence-electron chi connectivity index (χ3n) is 2.82.